The van der Waals surface area contributed by atoms with Gasteiger partial charge in [-0.1, -0.05) is 0 Å². The van der Waals surface area contributed by atoms with Crippen molar-refractivity contribution < 1.29 is 24.3 Å². The topological polar surface area (TPSA) is 96.9 Å². The second kappa shape index (κ2) is 6.45. The highest BCUT2D eigenvalue weighted by atomic mass is 16.7. The van der Waals surface area contributed by atoms with Crippen LogP contribution in [0, 0.1) is 6.92 Å². The van der Waals surface area contributed by atoms with Crippen molar-refractivity contribution in [3.05, 3.63) is 23.8 Å². The van der Waals surface area contributed by atoms with E-state index in [0.717, 1.165) is 5.56 Å². The van der Waals surface area contributed by atoms with Gasteiger partial charge in [0.25, 0.3) is 0 Å². The predicted molar refractivity (Wildman–Crippen MR) is 63.5 cm³/mol. The Morgan fingerprint density at radius 2 is 2.11 bits per heavy atom. The first-order valence-corrected chi connectivity index (χ1v) is 5.08. The van der Waals surface area contributed by atoms with E-state index in [-0.39, 0.29) is 0 Å². The molecule has 0 fully saturated rings. The third-order valence-corrected chi connectivity index (χ3v) is 2.04. The van der Waals surface area contributed by atoms with Crippen molar-refractivity contribution in [2.45, 2.75) is 6.92 Å². The number of hydrogen-bond donors (Lipinski definition) is 3. The molecule has 98 valence electrons. The molecular weight excluding hydrogens is 240 g/mol. The highest BCUT2D eigenvalue weighted by Crippen LogP contribution is 2.20. The first kappa shape index (κ1) is 13.8. The van der Waals surface area contributed by atoms with Crippen LogP contribution in [-0.4, -0.2) is 30.8 Å². The number of ether oxygens (including phenoxy) is 1. The summed E-state index contributed by atoms with van der Waals surface area (Å²) >= 11 is 0. The standard InChI is InChI=1S/C11H14N2O5/c1-7-5-8(17-2)3-4-9(7)12-11(16)13-18-6-10(14)15/h3-5H,6H2,1-2H3,(H,14,15)(H2,12,13,16). The lowest BCUT2D eigenvalue weighted by Gasteiger charge is -2.10. The number of urea groups is 1. The van der Waals surface area contributed by atoms with E-state index in [1.165, 1.54) is 0 Å². The number of benzene rings is 1. The largest absolute Gasteiger partial charge is 0.497 e. The van der Waals surface area contributed by atoms with Crippen molar-refractivity contribution in [2.24, 2.45) is 0 Å². The zero-order chi connectivity index (χ0) is 13.5. The highest BCUT2D eigenvalue weighted by molar-refractivity contribution is 5.89. The van der Waals surface area contributed by atoms with Gasteiger partial charge in [-0.2, -0.15) is 0 Å². The third-order valence-electron chi connectivity index (χ3n) is 2.04. The van der Waals surface area contributed by atoms with Crippen LogP contribution in [0.5, 0.6) is 5.75 Å². The summed E-state index contributed by atoms with van der Waals surface area (Å²) in [5, 5.41) is 10.8. The van der Waals surface area contributed by atoms with E-state index in [0.29, 0.717) is 11.4 Å². The van der Waals surface area contributed by atoms with Crippen LogP contribution >= 0.6 is 0 Å². The van der Waals surface area contributed by atoms with Crippen LogP contribution in [-0.2, 0) is 9.63 Å². The van der Waals surface area contributed by atoms with E-state index in [1.807, 2.05) is 5.48 Å². The van der Waals surface area contributed by atoms with Gasteiger partial charge < -0.3 is 15.2 Å². The molecule has 0 saturated heterocycles. The van der Waals surface area contributed by atoms with E-state index in [4.69, 9.17) is 9.84 Å². The number of amides is 2. The second-order valence-corrected chi connectivity index (χ2v) is 3.42. The maximum absolute atomic E-state index is 11.3. The molecule has 0 unspecified atom stereocenters. The van der Waals surface area contributed by atoms with Gasteiger partial charge in [0.1, 0.15) is 5.75 Å². The van der Waals surface area contributed by atoms with Gasteiger partial charge in [0.15, 0.2) is 6.61 Å². The molecular formula is C11H14N2O5. The number of carbonyl (C=O) groups excluding carboxylic acids is 1. The van der Waals surface area contributed by atoms with Gasteiger partial charge in [-0.3, -0.25) is 4.84 Å². The molecule has 7 heteroatoms. The molecule has 0 bridgehead atoms. The van der Waals surface area contributed by atoms with Gasteiger partial charge in [-0.05, 0) is 30.7 Å². The summed E-state index contributed by atoms with van der Waals surface area (Å²) in [6, 6.07) is 4.48. The average molecular weight is 254 g/mol. The number of anilines is 1. The Morgan fingerprint density at radius 1 is 1.39 bits per heavy atom. The summed E-state index contributed by atoms with van der Waals surface area (Å²) in [4.78, 5) is 25.9. The molecule has 0 aliphatic heterocycles. The second-order valence-electron chi connectivity index (χ2n) is 3.42. The number of hydroxylamine groups is 1. The van der Waals surface area contributed by atoms with Crippen molar-refractivity contribution in [3.8, 4) is 5.75 Å². The van der Waals surface area contributed by atoms with Gasteiger partial charge >= 0.3 is 12.0 Å². The quantitative estimate of drug-likeness (QED) is 0.685. The van der Waals surface area contributed by atoms with Crippen molar-refractivity contribution in [1.29, 1.82) is 0 Å². The maximum Gasteiger partial charge on any atom is 0.343 e. The first-order chi connectivity index (χ1) is 8.52. The number of carboxylic acids is 1. The average Bonchev–Trinajstić information content (AvgIpc) is 2.31. The molecule has 1 aromatic rings. The van der Waals surface area contributed by atoms with Crippen LogP contribution in [0.2, 0.25) is 0 Å². The Hall–Kier alpha value is -2.28. The van der Waals surface area contributed by atoms with Crippen LogP contribution in [0.1, 0.15) is 5.56 Å². The van der Waals surface area contributed by atoms with E-state index in [2.05, 4.69) is 10.2 Å². The molecule has 0 saturated carbocycles. The monoisotopic (exact) mass is 254 g/mol. The van der Waals surface area contributed by atoms with Gasteiger partial charge in [0, 0.05) is 5.69 Å². The number of aliphatic carboxylic acids is 1. The van der Waals surface area contributed by atoms with Crippen molar-refractivity contribution in [2.75, 3.05) is 19.0 Å². The lowest BCUT2D eigenvalue weighted by Crippen LogP contribution is -2.31. The molecule has 0 heterocycles. The minimum Gasteiger partial charge on any atom is -0.497 e. The first-order valence-electron chi connectivity index (χ1n) is 5.08. The normalized spacial score (nSPS) is 9.67. The minimum atomic E-state index is -1.17. The molecule has 18 heavy (non-hydrogen) atoms. The van der Waals surface area contributed by atoms with Crippen LogP contribution in [0.25, 0.3) is 0 Å². The summed E-state index contributed by atoms with van der Waals surface area (Å²) in [5.74, 6) is -0.489. The molecule has 0 aliphatic carbocycles. The molecule has 7 nitrogen and oxygen atoms in total. The number of rotatable bonds is 5. The van der Waals surface area contributed by atoms with E-state index in [1.54, 1.807) is 32.2 Å². The van der Waals surface area contributed by atoms with Crippen molar-refractivity contribution in [3.63, 3.8) is 0 Å². The third kappa shape index (κ3) is 4.30. The molecule has 0 aliphatic rings. The number of nitrogens with one attached hydrogen (secondary N) is 2. The summed E-state index contributed by atoms with van der Waals surface area (Å²) in [6.07, 6.45) is 0. The van der Waals surface area contributed by atoms with Crippen LogP contribution in [0.15, 0.2) is 18.2 Å². The van der Waals surface area contributed by atoms with Gasteiger partial charge in [-0.15, -0.1) is 0 Å². The van der Waals surface area contributed by atoms with E-state index < -0.39 is 18.6 Å². The van der Waals surface area contributed by atoms with Crippen LogP contribution in [0.4, 0.5) is 10.5 Å². The lowest BCUT2D eigenvalue weighted by atomic mass is 10.2. The summed E-state index contributed by atoms with van der Waals surface area (Å²) in [7, 11) is 1.55. The molecule has 0 spiro atoms. The number of aryl methyl sites for hydroxylation is 1. The summed E-state index contributed by atoms with van der Waals surface area (Å²) in [5.41, 5.74) is 3.34. The Bertz CT molecular complexity index is 447. The fourth-order valence-corrected chi connectivity index (χ4v) is 1.21. The van der Waals surface area contributed by atoms with Crippen molar-refractivity contribution in [1.82, 2.24) is 5.48 Å². The molecule has 1 rings (SSSR count). The summed E-state index contributed by atoms with van der Waals surface area (Å²) in [6.45, 7) is 1.20. The SMILES string of the molecule is COc1ccc(NC(=O)NOCC(=O)O)c(C)c1. The summed E-state index contributed by atoms with van der Waals surface area (Å²) < 4.78 is 5.03. The van der Waals surface area contributed by atoms with E-state index >= 15 is 0 Å². The maximum atomic E-state index is 11.3. The molecule has 1 aromatic carbocycles. The Balaban J connectivity index is 2.51. The van der Waals surface area contributed by atoms with Crippen LogP contribution in [0.3, 0.4) is 0 Å². The Labute approximate surface area is 104 Å². The number of hydrogen-bond acceptors (Lipinski definition) is 4. The molecule has 2 amide bonds. The molecule has 0 aromatic heterocycles. The zero-order valence-corrected chi connectivity index (χ0v) is 10.0. The zero-order valence-electron chi connectivity index (χ0n) is 10.0. The van der Waals surface area contributed by atoms with Crippen molar-refractivity contribution >= 4 is 17.7 Å². The van der Waals surface area contributed by atoms with Gasteiger partial charge in [-0.25, -0.2) is 15.1 Å². The predicted octanol–water partition coefficient (Wildman–Crippen LogP) is 1.14. The fraction of sp³-hybridized carbons (Fsp3) is 0.273. The van der Waals surface area contributed by atoms with E-state index in [9.17, 15) is 9.59 Å². The fourth-order valence-electron chi connectivity index (χ4n) is 1.21. The lowest BCUT2D eigenvalue weighted by molar-refractivity contribution is -0.143. The number of carbonyl (C=O) groups is 2. The Morgan fingerprint density at radius 3 is 2.67 bits per heavy atom. The number of carboxylic acid groups (broad SMARTS) is 1. The molecule has 0 atom stereocenters. The number of methoxy groups -OCH3 is 1. The smallest absolute Gasteiger partial charge is 0.343 e. The molecule has 3 N–H and O–H groups in total. The molecule has 0 radical (unpaired) electrons. The highest BCUT2D eigenvalue weighted by Gasteiger charge is 2.06. The van der Waals surface area contributed by atoms with Gasteiger partial charge in [0.05, 0.1) is 7.11 Å². The Kier molecular flexibility index (Phi) is 4.94. The van der Waals surface area contributed by atoms with Gasteiger partial charge in [0.2, 0.25) is 0 Å². The van der Waals surface area contributed by atoms with Crippen LogP contribution < -0.4 is 15.5 Å². The minimum absolute atomic E-state index is 0.576.